The van der Waals surface area contributed by atoms with Crippen LogP contribution in [0.2, 0.25) is 0 Å². The number of hydrogen-bond donors (Lipinski definition) is 0. The van der Waals surface area contributed by atoms with Gasteiger partial charge >= 0.3 is 5.97 Å². The van der Waals surface area contributed by atoms with Crippen LogP contribution in [-0.4, -0.2) is 12.3 Å². The summed E-state index contributed by atoms with van der Waals surface area (Å²) in [7, 11) is 0. The van der Waals surface area contributed by atoms with E-state index in [0.717, 1.165) is 23.8 Å². The highest BCUT2D eigenvalue weighted by atomic mass is 16.5. The van der Waals surface area contributed by atoms with Crippen LogP contribution in [0.1, 0.15) is 71.7 Å². The van der Waals surface area contributed by atoms with E-state index in [4.69, 9.17) is 4.74 Å². The lowest BCUT2D eigenvalue weighted by Gasteiger charge is -2.07. The molecule has 3 heteroatoms. The average molecular weight is 415 g/mol. The molecule has 0 aliphatic rings. The Bertz CT molecular complexity index is 955. The maximum Gasteiger partial charge on any atom is 0.343 e. The van der Waals surface area contributed by atoms with Crippen molar-refractivity contribution in [3.05, 3.63) is 89.5 Å². The lowest BCUT2D eigenvalue weighted by molar-refractivity contribution is 0.0734. The largest absolute Gasteiger partial charge is 0.423 e. The van der Waals surface area contributed by atoms with Gasteiger partial charge in [-0.05, 0) is 65.9 Å². The van der Waals surface area contributed by atoms with Crippen molar-refractivity contribution < 1.29 is 14.3 Å². The number of carbonyl (C=O) groups excluding carboxylic acids is 2. The standard InChI is InChI=1S/C28H30O3/c1-2-3-4-5-6-7-8-22-9-13-24(14-10-22)25-15-17-26(18-16-25)28(30)31-27-19-11-23(21-29)12-20-27/h9-21H,2-8H2,1H3. The molecular formula is C28H30O3. The average Bonchev–Trinajstić information content (AvgIpc) is 2.82. The lowest BCUT2D eigenvalue weighted by Crippen LogP contribution is -2.08. The van der Waals surface area contributed by atoms with Crippen LogP contribution < -0.4 is 4.74 Å². The van der Waals surface area contributed by atoms with Crippen LogP contribution in [-0.2, 0) is 6.42 Å². The van der Waals surface area contributed by atoms with Crippen LogP contribution in [0.5, 0.6) is 5.75 Å². The fourth-order valence-corrected chi connectivity index (χ4v) is 3.55. The van der Waals surface area contributed by atoms with Crippen molar-refractivity contribution in [3.63, 3.8) is 0 Å². The Morgan fingerprint density at radius 1 is 0.742 bits per heavy atom. The minimum absolute atomic E-state index is 0.417. The maximum atomic E-state index is 12.4. The first-order valence-electron chi connectivity index (χ1n) is 11.2. The van der Waals surface area contributed by atoms with Crippen LogP contribution in [0.15, 0.2) is 72.8 Å². The molecule has 3 rings (SSSR count). The van der Waals surface area contributed by atoms with Crippen LogP contribution in [0.3, 0.4) is 0 Å². The molecule has 31 heavy (non-hydrogen) atoms. The minimum Gasteiger partial charge on any atom is -0.423 e. The topological polar surface area (TPSA) is 43.4 Å². The van der Waals surface area contributed by atoms with Gasteiger partial charge in [-0.2, -0.15) is 0 Å². The van der Waals surface area contributed by atoms with E-state index >= 15 is 0 Å². The van der Waals surface area contributed by atoms with Gasteiger partial charge in [0.15, 0.2) is 0 Å². The van der Waals surface area contributed by atoms with Crippen LogP contribution in [0.25, 0.3) is 11.1 Å². The summed E-state index contributed by atoms with van der Waals surface area (Å²) in [5.74, 6) is 0.000293. The molecule has 0 saturated heterocycles. The molecule has 0 amide bonds. The molecule has 0 bridgehead atoms. The summed E-state index contributed by atoms with van der Waals surface area (Å²) in [6.45, 7) is 2.25. The number of unbranched alkanes of at least 4 members (excludes halogenated alkanes) is 5. The van der Waals surface area contributed by atoms with E-state index in [1.54, 1.807) is 36.4 Å². The van der Waals surface area contributed by atoms with Gasteiger partial charge in [-0.15, -0.1) is 0 Å². The molecule has 0 atom stereocenters. The number of aldehydes is 1. The fraction of sp³-hybridized carbons (Fsp3) is 0.286. The molecule has 0 aliphatic heterocycles. The monoisotopic (exact) mass is 414 g/mol. The molecule has 3 aromatic carbocycles. The van der Waals surface area contributed by atoms with E-state index in [1.807, 2.05) is 12.1 Å². The zero-order chi connectivity index (χ0) is 21.9. The smallest absolute Gasteiger partial charge is 0.343 e. The van der Waals surface area contributed by atoms with Crippen molar-refractivity contribution in [3.8, 4) is 16.9 Å². The number of aryl methyl sites for hydroxylation is 1. The number of rotatable bonds is 11. The summed E-state index contributed by atoms with van der Waals surface area (Å²) in [5, 5.41) is 0. The van der Waals surface area contributed by atoms with Crippen molar-refractivity contribution in [2.45, 2.75) is 51.9 Å². The third-order valence-corrected chi connectivity index (χ3v) is 5.45. The van der Waals surface area contributed by atoms with Crippen molar-refractivity contribution in [1.29, 1.82) is 0 Å². The van der Waals surface area contributed by atoms with Gasteiger partial charge in [0.25, 0.3) is 0 Å². The predicted molar refractivity (Wildman–Crippen MR) is 126 cm³/mol. The molecule has 0 aliphatic carbocycles. The van der Waals surface area contributed by atoms with Crippen molar-refractivity contribution in [1.82, 2.24) is 0 Å². The molecule has 0 aromatic heterocycles. The van der Waals surface area contributed by atoms with E-state index in [0.29, 0.717) is 16.9 Å². The molecule has 0 radical (unpaired) electrons. The molecule has 0 unspecified atom stereocenters. The predicted octanol–water partition coefficient (Wildman–Crippen LogP) is 7.29. The van der Waals surface area contributed by atoms with Crippen molar-refractivity contribution in [2.24, 2.45) is 0 Å². The zero-order valence-corrected chi connectivity index (χ0v) is 18.2. The quantitative estimate of drug-likeness (QED) is 0.143. The number of carbonyl (C=O) groups is 2. The summed E-state index contributed by atoms with van der Waals surface area (Å²) in [4.78, 5) is 23.1. The maximum absolute atomic E-state index is 12.4. The third kappa shape index (κ3) is 6.92. The molecule has 3 nitrogen and oxygen atoms in total. The van der Waals surface area contributed by atoms with E-state index < -0.39 is 5.97 Å². The first-order chi connectivity index (χ1) is 15.2. The summed E-state index contributed by atoms with van der Waals surface area (Å²) in [5.41, 5.74) is 4.61. The number of hydrogen-bond acceptors (Lipinski definition) is 3. The molecule has 0 saturated carbocycles. The van der Waals surface area contributed by atoms with E-state index in [1.165, 1.54) is 44.1 Å². The molecule has 0 N–H and O–H groups in total. The molecule has 0 fully saturated rings. The highest BCUT2D eigenvalue weighted by Gasteiger charge is 2.09. The van der Waals surface area contributed by atoms with Crippen molar-refractivity contribution >= 4 is 12.3 Å². The normalized spacial score (nSPS) is 10.6. The highest BCUT2D eigenvalue weighted by molar-refractivity contribution is 5.91. The van der Waals surface area contributed by atoms with Gasteiger partial charge in [-0.25, -0.2) is 4.79 Å². The van der Waals surface area contributed by atoms with E-state index in [-0.39, 0.29) is 0 Å². The Labute approximate surface area is 185 Å². The van der Waals surface area contributed by atoms with Gasteiger partial charge in [0.1, 0.15) is 12.0 Å². The molecule has 160 valence electrons. The lowest BCUT2D eigenvalue weighted by atomic mass is 10.00. The Hall–Kier alpha value is -3.20. The highest BCUT2D eigenvalue weighted by Crippen LogP contribution is 2.22. The second-order valence-corrected chi connectivity index (χ2v) is 7.87. The Morgan fingerprint density at radius 2 is 1.32 bits per heavy atom. The molecule has 3 aromatic rings. The zero-order valence-electron chi connectivity index (χ0n) is 18.2. The van der Waals surface area contributed by atoms with Gasteiger partial charge in [-0.1, -0.05) is 75.4 Å². The number of ether oxygens (including phenoxy) is 1. The van der Waals surface area contributed by atoms with E-state index in [2.05, 4.69) is 31.2 Å². The summed E-state index contributed by atoms with van der Waals surface area (Å²) in [6, 6.07) is 22.6. The molecular weight excluding hydrogens is 384 g/mol. The SMILES string of the molecule is CCCCCCCCc1ccc(-c2ccc(C(=O)Oc3ccc(C=O)cc3)cc2)cc1. The number of benzene rings is 3. The minimum atomic E-state index is -0.417. The van der Waals surface area contributed by atoms with Crippen molar-refractivity contribution in [2.75, 3.05) is 0 Å². The second-order valence-electron chi connectivity index (χ2n) is 7.87. The van der Waals surface area contributed by atoms with Crippen LogP contribution in [0.4, 0.5) is 0 Å². The van der Waals surface area contributed by atoms with Gasteiger partial charge in [0.2, 0.25) is 0 Å². The Kier molecular flexibility index (Phi) is 8.59. The first-order valence-corrected chi connectivity index (χ1v) is 11.2. The van der Waals surface area contributed by atoms with Crippen LogP contribution >= 0.6 is 0 Å². The van der Waals surface area contributed by atoms with Crippen LogP contribution in [0, 0.1) is 0 Å². The van der Waals surface area contributed by atoms with E-state index in [9.17, 15) is 9.59 Å². The number of esters is 1. The molecule has 0 heterocycles. The summed E-state index contributed by atoms with van der Waals surface area (Å²) < 4.78 is 5.37. The summed E-state index contributed by atoms with van der Waals surface area (Å²) >= 11 is 0. The fourth-order valence-electron chi connectivity index (χ4n) is 3.55. The second kappa shape index (κ2) is 11.8. The van der Waals surface area contributed by atoms with Gasteiger partial charge in [0.05, 0.1) is 5.56 Å². The Balaban J connectivity index is 1.53. The molecule has 0 spiro atoms. The van der Waals surface area contributed by atoms with Gasteiger partial charge in [-0.3, -0.25) is 4.79 Å². The third-order valence-electron chi connectivity index (χ3n) is 5.45. The Morgan fingerprint density at radius 3 is 1.94 bits per heavy atom. The summed E-state index contributed by atoms with van der Waals surface area (Å²) in [6.07, 6.45) is 9.77. The van der Waals surface area contributed by atoms with Gasteiger partial charge < -0.3 is 4.74 Å². The first kappa shape index (κ1) is 22.5. The van der Waals surface area contributed by atoms with Gasteiger partial charge in [0, 0.05) is 5.56 Å².